The number of nitro groups is 1. The molecular formula is C49H58ClN7O10S. The third-order valence-corrected chi connectivity index (χ3v) is 14.0. The van der Waals surface area contributed by atoms with Gasteiger partial charge in [0.15, 0.2) is 11.5 Å². The number of primary sulfonamides is 1. The summed E-state index contributed by atoms with van der Waals surface area (Å²) < 4.78 is 54.6. The second-order valence-electron chi connectivity index (χ2n) is 18.3. The minimum Gasteiger partial charge on any atom is -0.492 e. The average molecular weight is 973 g/mol. The summed E-state index contributed by atoms with van der Waals surface area (Å²) >= 11 is 6.27. The summed E-state index contributed by atoms with van der Waals surface area (Å²) in [4.78, 5) is 36.3. The van der Waals surface area contributed by atoms with Crippen molar-refractivity contribution in [1.82, 2.24) is 14.9 Å². The molecule has 3 aliphatic rings. The number of esters is 1. The predicted molar refractivity (Wildman–Crippen MR) is 261 cm³/mol. The molecule has 0 unspecified atom stereocenters. The van der Waals surface area contributed by atoms with Crippen molar-refractivity contribution < 1.29 is 41.8 Å². The van der Waals surface area contributed by atoms with E-state index in [1.807, 2.05) is 24.3 Å². The van der Waals surface area contributed by atoms with Gasteiger partial charge in [-0.25, -0.2) is 18.4 Å². The summed E-state index contributed by atoms with van der Waals surface area (Å²) in [6.07, 6.45) is 6.79. The van der Waals surface area contributed by atoms with Crippen molar-refractivity contribution in [3.63, 3.8) is 0 Å². The molecule has 4 heterocycles. The van der Waals surface area contributed by atoms with Gasteiger partial charge in [-0.2, -0.15) is 4.98 Å². The minimum atomic E-state index is -4.40. The fraction of sp³-hybridized carbons (Fsp3) is 0.429. The number of methoxy groups -OCH3 is 1. The van der Waals surface area contributed by atoms with Gasteiger partial charge in [0, 0.05) is 87.6 Å². The topological polar surface area (TPSA) is 214 Å². The van der Waals surface area contributed by atoms with E-state index in [0.717, 1.165) is 87.0 Å². The van der Waals surface area contributed by atoms with Gasteiger partial charge in [0.05, 0.1) is 36.5 Å². The van der Waals surface area contributed by atoms with Gasteiger partial charge >= 0.3 is 5.97 Å². The van der Waals surface area contributed by atoms with Crippen molar-refractivity contribution >= 4 is 61.3 Å². The third kappa shape index (κ3) is 11.8. The van der Waals surface area contributed by atoms with Crippen LogP contribution in [0.1, 0.15) is 68.3 Å². The Balaban J connectivity index is 0.969. The number of nitrogens with zero attached hydrogens (tertiary/aromatic N) is 4. The Morgan fingerprint density at radius 1 is 1.00 bits per heavy atom. The van der Waals surface area contributed by atoms with Crippen LogP contribution in [-0.4, -0.2) is 107 Å². The molecule has 4 N–H and O–H groups in total. The van der Waals surface area contributed by atoms with Crippen LogP contribution in [-0.2, 0) is 19.5 Å². The molecule has 2 aliphatic heterocycles. The van der Waals surface area contributed by atoms with Gasteiger partial charge in [0.2, 0.25) is 10.0 Å². The number of pyridine rings is 1. The molecule has 2 fully saturated rings. The number of carbonyl (C=O) groups excluding carboxylic acids is 1. The van der Waals surface area contributed by atoms with Crippen molar-refractivity contribution in [2.75, 3.05) is 83.0 Å². The van der Waals surface area contributed by atoms with E-state index in [-0.39, 0.29) is 48.3 Å². The van der Waals surface area contributed by atoms with Crippen LogP contribution in [0.2, 0.25) is 5.02 Å². The number of hydrogen-bond acceptors (Lipinski definition) is 14. The lowest BCUT2D eigenvalue weighted by Crippen LogP contribution is -2.47. The number of sulfonamides is 1. The molecule has 2 saturated heterocycles. The van der Waals surface area contributed by atoms with Crippen molar-refractivity contribution in [2.45, 2.75) is 57.3 Å². The van der Waals surface area contributed by atoms with Gasteiger partial charge in [-0.3, -0.25) is 15.0 Å². The SMILES string of the molecule is COC(=O)c1ccc(N2CCN(CC3=C(c4ccc(Cl)cc4)CC(C)(C)CC3)CC2)c(Oc2cc3cc[nH]c3nc2OCCCOc2cc(NCC3CCOCC3)c([N+](=O)[O-])cc2S(N)(=O)=O)c1. The first-order valence-electron chi connectivity index (χ1n) is 22.9. The monoisotopic (exact) mass is 971 g/mol. The highest BCUT2D eigenvalue weighted by Gasteiger charge is 2.31. The Hall–Kier alpha value is -5.92. The van der Waals surface area contributed by atoms with E-state index < -0.39 is 31.5 Å². The Labute approximate surface area is 401 Å². The summed E-state index contributed by atoms with van der Waals surface area (Å²) in [6, 6.07) is 19.4. The van der Waals surface area contributed by atoms with Crippen LogP contribution >= 0.6 is 11.6 Å². The summed E-state index contributed by atoms with van der Waals surface area (Å²) in [5.74, 6) is 0.479. The van der Waals surface area contributed by atoms with Crippen LogP contribution in [0.15, 0.2) is 83.4 Å². The van der Waals surface area contributed by atoms with Crippen LogP contribution in [0.25, 0.3) is 16.6 Å². The molecule has 19 heteroatoms. The largest absolute Gasteiger partial charge is 0.492 e. The second-order valence-corrected chi connectivity index (χ2v) is 20.2. The normalized spacial score (nSPS) is 17.0. The number of nitrogens with two attached hydrogens (primary N) is 1. The zero-order chi connectivity index (χ0) is 48.0. The number of piperazine rings is 1. The van der Waals surface area contributed by atoms with E-state index >= 15 is 0 Å². The number of allylic oxidation sites excluding steroid dienone is 1. The third-order valence-electron chi connectivity index (χ3n) is 12.8. The summed E-state index contributed by atoms with van der Waals surface area (Å²) in [6.45, 7) is 10.3. The van der Waals surface area contributed by atoms with E-state index in [9.17, 15) is 23.3 Å². The fourth-order valence-corrected chi connectivity index (χ4v) is 9.82. The van der Waals surface area contributed by atoms with E-state index in [0.29, 0.717) is 42.5 Å². The molecule has 8 rings (SSSR count). The smallest absolute Gasteiger partial charge is 0.337 e. The molecule has 1 aliphatic carbocycles. The lowest BCUT2D eigenvalue weighted by atomic mass is 9.72. The van der Waals surface area contributed by atoms with Crippen molar-refractivity contribution in [3.8, 4) is 23.1 Å². The molecule has 362 valence electrons. The van der Waals surface area contributed by atoms with Gasteiger partial charge in [-0.05, 0) is 97.0 Å². The molecule has 0 saturated carbocycles. The maximum atomic E-state index is 12.8. The van der Waals surface area contributed by atoms with E-state index in [4.69, 9.17) is 45.4 Å². The standard InChI is InChI=1S/C49H58ClN7O10S/c1-49(2)15-11-36(38(29-49)33-5-8-37(50)9-6-33)31-55-17-19-56(20-18-55)40-10-7-35(48(58)63-3)26-42(40)67-44-25-34-12-16-52-46(34)54-47(44)66-22-4-21-65-43-27-39(53-30-32-13-23-64-24-14-32)41(57(59)60)28-45(43)68(51,61)62/h5-10,12,16,25-28,32,53H,4,11,13-15,17-24,29-31H2,1-3H3,(H,52,54)(H2,51,61,62). The number of benzene rings is 3. The van der Waals surface area contributed by atoms with Crippen LogP contribution in [0.4, 0.5) is 17.1 Å². The zero-order valence-electron chi connectivity index (χ0n) is 38.6. The van der Waals surface area contributed by atoms with E-state index in [1.165, 1.54) is 29.9 Å². The molecule has 5 aromatic rings. The van der Waals surface area contributed by atoms with Gasteiger partial charge in [0.1, 0.15) is 22.0 Å². The summed E-state index contributed by atoms with van der Waals surface area (Å²) in [5, 5.41) is 22.1. The average Bonchev–Trinajstić information content (AvgIpc) is 3.78. The van der Waals surface area contributed by atoms with Crippen LogP contribution in [0.3, 0.4) is 0 Å². The van der Waals surface area contributed by atoms with Gasteiger partial charge < -0.3 is 38.9 Å². The number of aromatic amines is 1. The zero-order valence-corrected chi connectivity index (χ0v) is 40.1. The van der Waals surface area contributed by atoms with Crippen LogP contribution < -0.4 is 29.6 Å². The van der Waals surface area contributed by atoms with Crippen molar-refractivity contribution in [1.29, 1.82) is 0 Å². The number of ether oxygens (including phenoxy) is 5. The van der Waals surface area contributed by atoms with Gasteiger partial charge in [-0.15, -0.1) is 0 Å². The number of nitro benzene ring substituents is 1. The highest BCUT2D eigenvalue weighted by Crippen LogP contribution is 2.44. The number of fused-ring (bicyclic) bond motifs is 1. The number of nitrogens with one attached hydrogen (secondary N) is 2. The maximum absolute atomic E-state index is 12.8. The Kier molecular flexibility index (Phi) is 15.1. The number of anilines is 2. The first-order chi connectivity index (χ1) is 32.6. The molecule has 0 spiro atoms. The second kappa shape index (κ2) is 21.2. The van der Waals surface area contributed by atoms with Crippen LogP contribution in [0.5, 0.6) is 23.1 Å². The Morgan fingerprint density at radius 2 is 1.75 bits per heavy atom. The summed E-state index contributed by atoms with van der Waals surface area (Å²) in [7, 11) is -3.07. The lowest BCUT2D eigenvalue weighted by Gasteiger charge is -2.39. The molecule has 0 amide bonds. The van der Waals surface area contributed by atoms with E-state index in [1.54, 1.807) is 24.4 Å². The fourth-order valence-electron chi connectivity index (χ4n) is 9.01. The number of H-pyrrole nitrogens is 1. The molecule has 3 aromatic carbocycles. The molecule has 0 radical (unpaired) electrons. The molecule has 0 bridgehead atoms. The summed E-state index contributed by atoms with van der Waals surface area (Å²) in [5.41, 5.74) is 5.69. The molecule has 17 nitrogen and oxygen atoms in total. The number of rotatable bonds is 18. The molecule has 0 atom stereocenters. The van der Waals surface area contributed by atoms with Gasteiger partial charge in [-0.1, -0.05) is 43.2 Å². The first kappa shape index (κ1) is 48.5. The predicted octanol–water partition coefficient (Wildman–Crippen LogP) is 8.82. The molecular weight excluding hydrogens is 914 g/mol. The first-order valence-corrected chi connectivity index (χ1v) is 24.8. The highest BCUT2D eigenvalue weighted by atomic mass is 35.5. The van der Waals surface area contributed by atoms with Crippen molar-refractivity contribution in [2.24, 2.45) is 16.5 Å². The molecule has 68 heavy (non-hydrogen) atoms. The minimum absolute atomic E-state index is 0.0321. The Bertz CT molecular complexity index is 2770. The number of halogens is 1. The maximum Gasteiger partial charge on any atom is 0.337 e. The quantitative estimate of drug-likeness (QED) is 0.0324. The number of aromatic nitrogens is 2. The van der Waals surface area contributed by atoms with Crippen LogP contribution in [0, 0.1) is 21.4 Å². The number of hydrogen-bond donors (Lipinski definition) is 3. The number of carbonyl (C=O) groups is 1. The highest BCUT2D eigenvalue weighted by molar-refractivity contribution is 7.89. The molecule has 2 aromatic heterocycles. The van der Waals surface area contributed by atoms with Gasteiger partial charge in [0.25, 0.3) is 11.6 Å². The Morgan fingerprint density at radius 3 is 2.47 bits per heavy atom. The lowest BCUT2D eigenvalue weighted by molar-refractivity contribution is -0.384. The van der Waals surface area contributed by atoms with E-state index in [2.05, 4.69) is 46.1 Å². The van der Waals surface area contributed by atoms with Crippen molar-refractivity contribution in [3.05, 3.63) is 105 Å².